The Morgan fingerprint density at radius 1 is 1.14 bits per heavy atom. The normalized spacial score (nSPS) is 10.2. The molecular weight excluding hydrogens is 264 g/mol. The Morgan fingerprint density at radius 3 is 2.48 bits per heavy atom. The van der Waals surface area contributed by atoms with Crippen LogP contribution in [-0.4, -0.2) is 12.5 Å². The Morgan fingerprint density at radius 2 is 1.86 bits per heavy atom. The van der Waals surface area contributed by atoms with E-state index in [2.05, 4.69) is 5.32 Å². The predicted octanol–water partition coefficient (Wildman–Crippen LogP) is 2.78. The van der Waals surface area contributed by atoms with E-state index in [-0.39, 0.29) is 12.5 Å². The Kier molecular flexibility index (Phi) is 4.95. The van der Waals surface area contributed by atoms with Crippen molar-refractivity contribution < 1.29 is 9.53 Å². The van der Waals surface area contributed by atoms with Crippen LogP contribution in [0.15, 0.2) is 42.5 Å². The van der Waals surface area contributed by atoms with Crippen LogP contribution in [0.25, 0.3) is 0 Å². The largest absolute Gasteiger partial charge is 0.483 e. The van der Waals surface area contributed by atoms with E-state index in [0.717, 1.165) is 22.6 Å². The number of nitrogens with one attached hydrogen (secondary N) is 1. The summed E-state index contributed by atoms with van der Waals surface area (Å²) in [6.07, 6.45) is 0. The summed E-state index contributed by atoms with van der Waals surface area (Å²) in [6, 6.07) is 13.3. The smallest absolute Gasteiger partial charge is 0.262 e. The number of hydrogen-bond acceptors (Lipinski definition) is 3. The number of aryl methyl sites for hydroxylation is 2. The molecule has 0 aromatic heterocycles. The van der Waals surface area contributed by atoms with Crippen LogP contribution >= 0.6 is 0 Å². The third kappa shape index (κ3) is 4.33. The van der Waals surface area contributed by atoms with Crippen molar-refractivity contribution in [2.24, 2.45) is 5.73 Å². The van der Waals surface area contributed by atoms with E-state index in [1.54, 1.807) is 0 Å². The van der Waals surface area contributed by atoms with Gasteiger partial charge >= 0.3 is 0 Å². The third-order valence-corrected chi connectivity index (χ3v) is 3.16. The number of rotatable bonds is 5. The number of carbonyl (C=O) groups is 1. The van der Waals surface area contributed by atoms with Crippen LogP contribution in [0, 0.1) is 13.8 Å². The zero-order valence-electron chi connectivity index (χ0n) is 12.3. The molecule has 21 heavy (non-hydrogen) atoms. The molecule has 0 aliphatic heterocycles. The van der Waals surface area contributed by atoms with E-state index in [1.807, 2.05) is 56.3 Å². The summed E-state index contributed by atoms with van der Waals surface area (Å²) in [5, 5.41) is 2.79. The molecule has 4 heteroatoms. The van der Waals surface area contributed by atoms with Gasteiger partial charge in [-0.1, -0.05) is 29.8 Å². The van der Waals surface area contributed by atoms with Gasteiger partial charge in [-0.3, -0.25) is 4.79 Å². The maximum Gasteiger partial charge on any atom is 0.262 e. The first-order chi connectivity index (χ1) is 10.1. The lowest BCUT2D eigenvalue weighted by Gasteiger charge is -2.10. The average Bonchev–Trinajstić information content (AvgIpc) is 2.47. The molecule has 2 aromatic carbocycles. The Bertz CT molecular complexity index is 621. The third-order valence-electron chi connectivity index (χ3n) is 3.16. The van der Waals surface area contributed by atoms with Gasteiger partial charge in [0.05, 0.1) is 0 Å². The minimum Gasteiger partial charge on any atom is -0.483 e. The van der Waals surface area contributed by atoms with E-state index in [4.69, 9.17) is 10.5 Å². The van der Waals surface area contributed by atoms with Crippen molar-refractivity contribution in [3.63, 3.8) is 0 Å². The molecule has 0 heterocycles. The standard InChI is InChI=1S/C17H20N2O2/c1-12-3-8-16(13(2)9-12)21-11-17(20)19-15-6-4-14(10-18)5-7-15/h3-9H,10-11,18H2,1-2H3,(H,19,20). The molecule has 0 saturated carbocycles. The van der Waals surface area contributed by atoms with Gasteiger partial charge in [0.2, 0.25) is 0 Å². The summed E-state index contributed by atoms with van der Waals surface area (Å²) >= 11 is 0. The number of benzene rings is 2. The van der Waals surface area contributed by atoms with Gasteiger partial charge in [-0.25, -0.2) is 0 Å². The number of nitrogens with two attached hydrogens (primary N) is 1. The molecule has 2 aromatic rings. The number of ether oxygens (including phenoxy) is 1. The highest BCUT2D eigenvalue weighted by atomic mass is 16.5. The highest BCUT2D eigenvalue weighted by Gasteiger charge is 2.05. The fourth-order valence-corrected chi connectivity index (χ4v) is 2.03. The highest BCUT2D eigenvalue weighted by Crippen LogP contribution is 2.18. The maximum atomic E-state index is 11.9. The average molecular weight is 284 g/mol. The first-order valence-corrected chi connectivity index (χ1v) is 6.87. The molecule has 0 aliphatic rings. The molecule has 0 radical (unpaired) electrons. The first-order valence-electron chi connectivity index (χ1n) is 6.87. The number of hydrogen-bond donors (Lipinski definition) is 2. The molecule has 0 saturated heterocycles. The summed E-state index contributed by atoms with van der Waals surface area (Å²) in [6.45, 7) is 4.47. The second-order valence-electron chi connectivity index (χ2n) is 5.01. The van der Waals surface area contributed by atoms with Crippen molar-refractivity contribution in [2.75, 3.05) is 11.9 Å². The molecule has 0 atom stereocenters. The summed E-state index contributed by atoms with van der Waals surface area (Å²) in [4.78, 5) is 11.9. The van der Waals surface area contributed by atoms with Gasteiger partial charge in [-0.2, -0.15) is 0 Å². The van der Waals surface area contributed by atoms with Crippen LogP contribution in [0.2, 0.25) is 0 Å². The molecule has 0 spiro atoms. The molecular formula is C17H20N2O2. The minimum absolute atomic E-state index is 0.0114. The van der Waals surface area contributed by atoms with Gasteiger partial charge in [0, 0.05) is 12.2 Å². The quantitative estimate of drug-likeness (QED) is 0.887. The van der Waals surface area contributed by atoms with Gasteiger partial charge in [0.1, 0.15) is 5.75 Å². The molecule has 0 fully saturated rings. The molecule has 3 N–H and O–H groups in total. The zero-order chi connectivity index (χ0) is 15.2. The fourth-order valence-electron chi connectivity index (χ4n) is 2.03. The summed E-state index contributed by atoms with van der Waals surface area (Å²) in [5.41, 5.74) is 9.49. The van der Waals surface area contributed by atoms with E-state index < -0.39 is 0 Å². The van der Waals surface area contributed by atoms with Crippen LogP contribution in [0.4, 0.5) is 5.69 Å². The summed E-state index contributed by atoms with van der Waals surface area (Å²) in [7, 11) is 0. The van der Waals surface area contributed by atoms with Gasteiger partial charge in [0.15, 0.2) is 6.61 Å². The topological polar surface area (TPSA) is 64.3 Å². The van der Waals surface area contributed by atoms with Crippen LogP contribution in [0.1, 0.15) is 16.7 Å². The predicted molar refractivity (Wildman–Crippen MR) is 84.4 cm³/mol. The maximum absolute atomic E-state index is 11.9. The van der Waals surface area contributed by atoms with Crippen molar-refractivity contribution in [2.45, 2.75) is 20.4 Å². The second kappa shape index (κ2) is 6.90. The van der Waals surface area contributed by atoms with Crippen LogP contribution in [-0.2, 0) is 11.3 Å². The summed E-state index contributed by atoms with van der Waals surface area (Å²) < 4.78 is 5.54. The molecule has 4 nitrogen and oxygen atoms in total. The minimum atomic E-state index is -0.185. The number of anilines is 1. The fraction of sp³-hybridized carbons (Fsp3) is 0.235. The number of amides is 1. The van der Waals surface area contributed by atoms with E-state index in [9.17, 15) is 4.79 Å². The lowest BCUT2D eigenvalue weighted by atomic mass is 10.1. The van der Waals surface area contributed by atoms with E-state index in [1.165, 1.54) is 5.56 Å². The Labute approximate surface area is 124 Å². The van der Waals surface area contributed by atoms with Crippen molar-refractivity contribution in [1.82, 2.24) is 0 Å². The van der Waals surface area contributed by atoms with Crippen LogP contribution in [0.5, 0.6) is 5.75 Å². The second-order valence-corrected chi connectivity index (χ2v) is 5.01. The van der Waals surface area contributed by atoms with Gasteiger partial charge in [-0.15, -0.1) is 0 Å². The lowest BCUT2D eigenvalue weighted by Crippen LogP contribution is -2.20. The van der Waals surface area contributed by atoms with Crippen molar-refractivity contribution >= 4 is 11.6 Å². The van der Waals surface area contributed by atoms with E-state index in [0.29, 0.717) is 6.54 Å². The van der Waals surface area contributed by atoms with Gasteiger partial charge in [0.25, 0.3) is 5.91 Å². The van der Waals surface area contributed by atoms with Crippen molar-refractivity contribution in [1.29, 1.82) is 0 Å². The molecule has 2 rings (SSSR count). The SMILES string of the molecule is Cc1ccc(OCC(=O)Nc2ccc(CN)cc2)c(C)c1. The Hall–Kier alpha value is -2.33. The van der Waals surface area contributed by atoms with E-state index >= 15 is 0 Å². The number of carbonyl (C=O) groups excluding carboxylic acids is 1. The zero-order valence-corrected chi connectivity index (χ0v) is 12.3. The molecule has 0 unspecified atom stereocenters. The van der Waals surface area contributed by atoms with Gasteiger partial charge < -0.3 is 15.8 Å². The summed E-state index contributed by atoms with van der Waals surface area (Å²) in [5.74, 6) is 0.546. The van der Waals surface area contributed by atoms with Crippen LogP contribution < -0.4 is 15.8 Å². The molecule has 1 amide bonds. The van der Waals surface area contributed by atoms with Crippen molar-refractivity contribution in [3.05, 3.63) is 59.2 Å². The van der Waals surface area contributed by atoms with Crippen LogP contribution in [0.3, 0.4) is 0 Å². The molecule has 0 bridgehead atoms. The van der Waals surface area contributed by atoms with Gasteiger partial charge in [-0.05, 0) is 43.2 Å². The Balaban J connectivity index is 1.89. The highest BCUT2D eigenvalue weighted by molar-refractivity contribution is 5.91. The first kappa shape index (κ1) is 15.1. The lowest BCUT2D eigenvalue weighted by molar-refractivity contribution is -0.118. The molecule has 0 aliphatic carbocycles. The van der Waals surface area contributed by atoms with Crippen molar-refractivity contribution in [3.8, 4) is 5.75 Å². The molecule has 110 valence electrons. The monoisotopic (exact) mass is 284 g/mol.